The average Bonchev–Trinajstić information content (AvgIpc) is 2.64. The third kappa shape index (κ3) is 0.962. The first-order chi connectivity index (χ1) is 5.23. The molecule has 0 N–H and O–H groups in total. The van der Waals surface area contributed by atoms with Gasteiger partial charge < -0.3 is 4.74 Å². The van der Waals surface area contributed by atoms with E-state index in [-0.39, 0.29) is 5.60 Å². The van der Waals surface area contributed by atoms with Crippen LogP contribution < -0.4 is 0 Å². The van der Waals surface area contributed by atoms with E-state index in [2.05, 4.69) is 38.1 Å². The Labute approximate surface area is 67.0 Å². The van der Waals surface area contributed by atoms with Gasteiger partial charge in [0.05, 0.1) is 6.10 Å². The number of benzene rings is 1. The molecule has 2 atom stereocenters. The first-order valence-corrected chi connectivity index (χ1v) is 3.97. The van der Waals surface area contributed by atoms with E-state index in [0.29, 0.717) is 6.10 Å². The molecule has 0 amide bonds. The van der Waals surface area contributed by atoms with E-state index in [4.69, 9.17) is 4.74 Å². The van der Waals surface area contributed by atoms with Crippen molar-refractivity contribution in [3.8, 4) is 0 Å². The number of hydrogen-bond acceptors (Lipinski definition) is 1. The highest BCUT2D eigenvalue weighted by molar-refractivity contribution is 5.27. The molecular formula is C10H12O. The van der Waals surface area contributed by atoms with Crippen molar-refractivity contribution in [3.05, 3.63) is 35.9 Å². The second-order valence-electron chi connectivity index (χ2n) is 3.23. The quantitative estimate of drug-likeness (QED) is 0.557. The van der Waals surface area contributed by atoms with Crippen LogP contribution >= 0.6 is 0 Å². The van der Waals surface area contributed by atoms with Crippen molar-refractivity contribution in [2.75, 3.05) is 0 Å². The molecule has 0 aromatic heterocycles. The molecule has 1 nitrogen and oxygen atoms in total. The van der Waals surface area contributed by atoms with Crippen molar-refractivity contribution in [3.63, 3.8) is 0 Å². The van der Waals surface area contributed by atoms with Crippen molar-refractivity contribution >= 4 is 0 Å². The highest BCUT2D eigenvalue weighted by atomic mass is 16.6. The van der Waals surface area contributed by atoms with Crippen LogP contribution in [0.3, 0.4) is 0 Å². The van der Waals surface area contributed by atoms with Gasteiger partial charge in [-0.15, -0.1) is 0 Å². The third-order valence-electron chi connectivity index (χ3n) is 2.49. The van der Waals surface area contributed by atoms with E-state index in [1.54, 1.807) is 0 Å². The third-order valence-corrected chi connectivity index (χ3v) is 2.49. The highest BCUT2D eigenvalue weighted by Gasteiger charge is 2.49. The summed E-state index contributed by atoms with van der Waals surface area (Å²) in [5.74, 6) is 0. The van der Waals surface area contributed by atoms with Crippen molar-refractivity contribution in [2.45, 2.75) is 25.6 Å². The molecule has 0 radical (unpaired) electrons. The zero-order valence-corrected chi connectivity index (χ0v) is 6.87. The van der Waals surface area contributed by atoms with Crippen LogP contribution in [-0.4, -0.2) is 6.10 Å². The van der Waals surface area contributed by atoms with Gasteiger partial charge in [-0.2, -0.15) is 0 Å². The Morgan fingerprint density at radius 1 is 1.27 bits per heavy atom. The summed E-state index contributed by atoms with van der Waals surface area (Å²) < 4.78 is 5.49. The zero-order valence-electron chi connectivity index (χ0n) is 6.87. The van der Waals surface area contributed by atoms with Crippen LogP contribution in [0.15, 0.2) is 30.3 Å². The van der Waals surface area contributed by atoms with E-state index >= 15 is 0 Å². The molecule has 2 unspecified atom stereocenters. The molecule has 58 valence electrons. The standard InChI is InChI=1S/C10H12O/c1-8-10(2,11-8)9-6-4-3-5-7-9/h3-8H,1-2H3. The minimum Gasteiger partial charge on any atom is -0.362 e. The summed E-state index contributed by atoms with van der Waals surface area (Å²) in [5.41, 5.74) is 1.29. The van der Waals surface area contributed by atoms with Crippen LogP contribution in [0.2, 0.25) is 0 Å². The highest BCUT2D eigenvalue weighted by Crippen LogP contribution is 2.45. The Bertz CT molecular complexity index is 255. The summed E-state index contributed by atoms with van der Waals surface area (Å²) in [4.78, 5) is 0. The molecule has 1 aliphatic heterocycles. The normalized spacial score (nSPS) is 35.3. The van der Waals surface area contributed by atoms with E-state index in [1.165, 1.54) is 5.56 Å². The zero-order chi connectivity index (χ0) is 7.90. The van der Waals surface area contributed by atoms with Gasteiger partial charge in [-0.3, -0.25) is 0 Å². The van der Waals surface area contributed by atoms with Gasteiger partial charge in [0, 0.05) is 0 Å². The summed E-state index contributed by atoms with van der Waals surface area (Å²) in [6.45, 7) is 4.24. The lowest BCUT2D eigenvalue weighted by molar-refractivity contribution is 0.316. The van der Waals surface area contributed by atoms with Gasteiger partial charge in [0.1, 0.15) is 5.60 Å². The Balaban J connectivity index is 2.32. The van der Waals surface area contributed by atoms with Crippen molar-refractivity contribution in [2.24, 2.45) is 0 Å². The van der Waals surface area contributed by atoms with Crippen molar-refractivity contribution in [1.82, 2.24) is 0 Å². The predicted molar refractivity (Wildman–Crippen MR) is 44.3 cm³/mol. The number of hydrogen-bond donors (Lipinski definition) is 0. The lowest BCUT2D eigenvalue weighted by Gasteiger charge is -2.03. The van der Waals surface area contributed by atoms with Crippen LogP contribution in [0, 0.1) is 0 Å². The maximum atomic E-state index is 5.49. The summed E-state index contributed by atoms with van der Waals surface area (Å²) >= 11 is 0. The molecule has 0 aliphatic carbocycles. The minimum absolute atomic E-state index is 0.00125. The van der Waals surface area contributed by atoms with Gasteiger partial charge >= 0.3 is 0 Å². The summed E-state index contributed by atoms with van der Waals surface area (Å²) in [6, 6.07) is 10.4. The van der Waals surface area contributed by atoms with Gasteiger partial charge in [-0.1, -0.05) is 30.3 Å². The Kier molecular flexibility index (Phi) is 1.30. The van der Waals surface area contributed by atoms with Gasteiger partial charge in [-0.25, -0.2) is 0 Å². The maximum Gasteiger partial charge on any atom is 0.117 e. The van der Waals surface area contributed by atoms with Gasteiger partial charge in [0.25, 0.3) is 0 Å². The van der Waals surface area contributed by atoms with Crippen LogP contribution in [0.4, 0.5) is 0 Å². The maximum absolute atomic E-state index is 5.49. The second-order valence-corrected chi connectivity index (χ2v) is 3.23. The molecule has 0 saturated carbocycles. The monoisotopic (exact) mass is 148 g/mol. The van der Waals surface area contributed by atoms with Crippen LogP contribution in [0.5, 0.6) is 0 Å². The average molecular weight is 148 g/mol. The van der Waals surface area contributed by atoms with Crippen LogP contribution in [-0.2, 0) is 10.3 Å². The first kappa shape index (κ1) is 6.86. The second kappa shape index (κ2) is 2.08. The summed E-state index contributed by atoms with van der Waals surface area (Å²) in [6.07, 6.45) is 0.380. The molecule has 1 aromatic rings. The van der Waals surface area contributed by atoms with E-state index < -0.39 is 0 Å². The Morgan fingerprint density at radius 3 is 2.27 bits per heavy atom. The van der Waals surface area contributed by atoms with E-state index in [0.717, 1.165) is 0 Å². The van der Waals surface area contributed by atoms with Gasteiger partial charge in [0.2, 0.25) is 0 Å². The molecule has 0 bridgehead atoms. The number of ether oxygens (including phenoxy) is 1. The fourth-order valence-corrected chi connectivity index (χ4v) is 1.41. The van der Waals surface area contributed by atoms with Crippen LogP contribution in [0.25, 0.3) is 0 Å². The minimum atomic E-state index is 0.00125. The molecule has 1 saturated heterocycles. The number of rotatable bonds is 1. The molecule has 1 heteroatoms. The SMILES string of the molecule is CC1OC1(C)c1ccccc1. The van der Waals surface area contributed by atoms with E-state index in [1.807, 2.05) is 6.07 Å². The Hall–Kier alpha value is -0.820. The predicted octanol–water partition coefficient (Wildman–Crippen LogP) is 2.32. The van der Waals surface area contributed by atoms with Crippen molar-refractivity contribution in [1.29, 1.82) is 0 Å². The van der Waals surface area contributed by atoms with Crippen molar-refractivity contribution < 1.29 is 4.74 Å². The molecule has 0 spiro atoms. The van der Waals surface area contributed by atoms with Gasteiger partial charge in [0.15, 0.2) is 0 Å². The lowest BCUT2D eigenvalue weighted by atomic mass is 9.98. The number of epoxide rings is 1. The summed E-state index contributed by atoms with van der Waals surface area (Å²) in [5, 5.41) is 0. The topological polar surface area (TPSA) is 12.5 Å². The smallest absolute Gasteiger partial charge is 0.117 e. The van der Waals surface area contributed by atoms with Crippen LogP contribution in [0.1, 0.15) is 19.4 Å². The summed E-state index contributed by atoms with van der Waals surface area (Å²) in [7, 11) is 0. The first-order valence-electron chi connectivity index (χ1n) is 3.97. The fourth-order valence-electron chi connectivity index (χ4n) is 1.41. The largest absolute Gasteiger partial charge is 0.362 e. The molecule has 11 heavy (non-hydrogen) atoms. The molecule has 1 aliphatic rings. The Morgan fingerprint density at radius 2 is 1.82 bits per heavy atom. The molecule has 1 fully saturated rings. The molecular weight excluding hydrogens is 136 g/mol. The molecule has 2 rings (SSSR count). The molecule has 1 heterocycles. The van der Waals surface area contributed by atoms with E-state index in [9.17, 15) is 0 Å². The lowest BCUT2D eigenvalue weighted by Crippen LogP contribution is -2.04. The molecule has 1 aromatic carbocycles. The van der Waals surface area contributed by atoms with Gasteiger partial charge in [-0.05, 0) is 19.4 Å². The fraction of sp³-hybridized carbons (Fsp3) is 0.400.